The van der Waals surface area contributed by atoms with Gasteiger partial charge in [-0.1, -0.05) is 33.1 Å². The number of rotatable bonds is 7. The number of unbranched alkanes of at least 4 members (excludes halogenated alkanes) is 3. The molecule has 11 heavy (non-hydrogen) atoms. The van der Waals surface area contributed by atoms with Gasteiger partial charge in [0, 0.05) is 0 Å². The molecule has 1 heteroatoms. The molecule has 0 bridgehead atoms. The Morgan fingerprint density at radius 2 is 1.91 bits per heavy atom. The van der Waals surface area contributed by atoms with Crippen LogP contribution in [0.2, 0.25) is 0 Å². The third-order valence-electron chi connectivity index (χ3n) is 1.51. The first-order valence-corrected chi connectivity index (χ1v) is 4.68. The Labute approximate surface area is 70.4 Å². The van der Waals surface area contributed by atoms with Crippen LogP contribution < -0.4 is 0 Å². The zero-order chi connectivity index (χ0) is 8.36. The van der Waals surface area contributed by atoms with Gasteiger partial charge in [0.15, 0.2) is 0 Å². The van der Waals surface area contributed by atoms with Crippen LogP contribution in [0.5, 0.6) is 0 Å². The van der Waals surface area contributed by atoms with Crippen LogP contribution in [0.4, 0.5) is 0 Å². The smallest absolute Gasteiger partial charge is 0.0873 e. The number of hydrogen-bond donors (Lipinski definition) is 0. The summed E-state index contributed by atoms with van der Waals surface area (Å²) in [5.41, 5.74) is 0. The molecule has 0 fully saturated rings. The Kier molecular flexibility index (Phi) is 9.14. The van der Waals surface area contributed by atoms with Gasteiger partial charge in [-0.2, -0.15) is 0 Å². The van der Waals surface area contributed by atoms with Gasteiger partial charge in [-0.15, -0.1) is 0 Å². The van der Waals surface area contributed by atoms with E-state index < -0.39 is 0 Å². The van der Waals surface area contributed by atoms with E-state index in [-0.39, 0.29) is 0 Å². The second kappa shape index (κ2) is 9.54. The Bertz CT molecular complexity index is 86.9. The fourth-order valence-corrected chi connectivity index (χ4v) is 0.806. The molecule has 0 unspecified atom stereocenters. The molecular formula is C10H20O. The van der Waals surface area contributed by atoms with Crippen LogP contribution in [0.3, 0.4) is 0 Å². The van der Waals surface area contributed by atoms with Crippen molar-refractivity contribution in [3.8, 4) is 0 Å². The van der Waals surface area contributed by atoms with E-state index in [1.165, 1.54) is 25.7 Å². The average Bonchev–Trinajstić information content (AvgIpc) is 2.03. The van der Waals surface area contributed by atoms with Gasteiger partial charge in [0.05, 0.1) is 12.9 Å². The molecule has 0 rings (SSSR count). The third kappa shape index (κ3) is 9.54. The molecule has 0 aliphatic heterocycles. The molecule has 0 aliphatic rings. The van der Waals surface area contributed by atoms with Gasteiger partial charge in [-0.05, 0) is 18.9 Å². The van der Waals surface area contributed by atoms with Crippen LogP contribution in [-0.4, -0.2) is 6.61 Å². The van der Waals surface area contributed by atoms with E-state index in [9.17, 15) is 0 Å². The number of hydrogen-bond acceptors (Lipinski definition) is 1. The molecule has 0 radical (unpaired) electrons. The lowest BCUT2D eigenvalue weighted by Gasteiger charge is -1.97. The second-order valence-electron chi connectivity index (χ2n) is 2.74. The van der Waals surface area contributed by atoms with E-state index >= 15 is 0 Å². The molecule has 66 valence electrons. The van der Waals surface area contributed by atoms with Crippen LogP contribution in [0.15, 0.2) is 12.3 Å². The predicted molar refractivity (Wildman–Crippen MR) is 49.5 cm³/mol. The zero-order valence-electron chi connectivity index (χ0n) is 7.81. The maximum Gasteiger partial charge on any atom is 0.0873 e. The Balaban J connectivity index is 2.89. The monoisotopic (exact) mass is 156 g/mol. The van der Waals surface area contributed by atoms with Gasteiger partial charge in [-0.25, -0.2) is 0 Å². The summed E-state index contributed by atoms with van der Waals surface area (Å²) < 4.78 is 5.26. The minimum atomic E-state index is 0.883. The molecule has 0 aromatic heterocycles. The lowest BCUT2D eigenvalue weighted by Crippen LogP contribution is -1.86. The number of ether oxygens (including phenoxy) is 1. The maximum absolute atomic E-state index is 5.26. The van der Waals surface area contributed by atoms with Crippen molar-refractivity contribution < 1.29 is 4.74 Å². The molecule has 0 aliphatic carbocycles. The van der Waals surface area contributed by atoms with Crippen molar-refractivity contribution in [2.24, 2.45) is 0 Å². The first-order chi connectivity index (χ1) is 5.41. The van der Waals surface area contributed by atoms with Crippen molar-refractivity contribution in [3.05, 3.63) is 12.3 Å². The predicted octanol–water partition coefficient (Wildman–Crippen LogP) is 3.51. The molecule has 0 aromatic rings. The van der Waals surface area contributed by atoms with Crippen LogP contribution in [0.1, 0.15) is 46.0 Å². The fourth-order valence-electron chi connectivity index (χ4n) is 0.806. The van der Waals surface area contributed by atoms with Crippen LogP contribution in [-0.2, 0) is 4.74 Å². The molecule has 0 N–H and O–H groups in total. The topological polar surface area (TPSA) is 9.23 Å². The second-order valence-corrected chi connectivity index (χ2v) is 2.74. The Hall–Kier alpha value is -0.460. The van der Waals surface area contributed by atoms with E-state index in [0.29, 0.717) is 0 Å². The molecule has 0 saturated heterocycles. The van der Waals surface area contributed by atoms with E-state index in [1.807, 2.05) is 6.26 Å². The van der Waals surface area contributed by atoms with Crippen molar-refractivity contribution in [1.82, 2.24) is 0 Å². The summed E-state index contributed by atoms with van der Waals surface area (Å²) in [6, 6.07) is 0. The first-order valence-electron chi connectivity index (χ1n) is 4.68. The normalized spacial score (nSPS) is 10.7. The Morgan fingerprint density at radius 3 is 2.55 bits per heavy atom. The molecule has 0 atom stereocenters. The van der Waals surface area contributed by atoms with Gasteiger partial charge in [0.2, 0.25) is 0 Å². The van der Waals surface area contributed by atoms with E-state index in [0.717, 1.165) is 13.0 Å². The van der Waals surface area contributed by atoms with Crippen LogP contribution in [0.25, 0.3) is 0 Å². The molecule has 0 amide bonds. The SMILES string of the molecule is CCCC=COCCCCC. The highest BCUT2D eigenvalue weighted by atomic mass is 16.5. The van der Waals surface area contributed by atoms with Gasteiger partial charge in [0.25, 0.3) is 0 Å². The van der Waals surface area contributed by atoms with E-state index in [1.54, 1.807) is 0 Å². The summed E-state index contributed by atoms with van der Waals surface area (Å²) >= 11 is 0. The minimum Gasteiger partial charge on any atom is -0.502 e. The van der Waals surface area contributed by atoms with E-state index in [2.05, 4.69) is 19.9 Å². The molecule has 0 saturated carbocycles. The minimum absolute atomic E-state index is 0.883. The van der Waals surface area contributed by atoms with Gasteiger partial charge >= 0.3 is 0 Å². The molecule has 0 heterocycles. The van der Waals surface area contributed by atoms with Crippen molar-refractivity contribution in [1.29, 1.82) is 0 Å². The molecule has 0 spiro atoms. The van der Waals surface area contributed by atoms with Crippen LogP contribution >= 0.6 is 0 Å². The van der Waals surface area contributed by atoms with Gasteiger partial charge in [-0.3, -0.25) is 0 Å². The maximum atomic E-state index is 5.26. The zero-order valence-corrected chi connectivity index (χ0v) is 7.81. The fraction of sp³-hybridized carbons (Fsp3) is 0.800. The highest BCUT2D eigenvalue weighted by Gasteiger charge is 1.82. The quantitative estimate of drug-likeness (QED) is 0.405. The summed E-state index contributed by atoms with van der Waals surface area (Å²) in [6.45, 7) is 5.25. The molecule has 1 nitrogen and oxygen atoms in total. The van der Waals surface area contributed by atoms with Gasteiger partial charge < -0.3 is 4.74 Å². The van der Waals surface area contributed by atoms with Crippen molar-refractivity contribution in [3.63, 3.8) is 0 Å². The lowest BCUT2D eigenvalue weighted by molar-refractivity contribution is 0.240. The first kappa shape index (κ1) is 10.5. The third-order valence-corrected chi connectivity index (χ3v) is 1.51. The highest BCUT2D eigenvalue weighted by molar-refractivity contribution is 4.71. The average molecular weight is 156 g/mol. The summed E-state index contributed by atoms with van der Waals surface area (Å²) in [6.07, 6.45) is 9.99. The standard InChI is InChI=1S/C10H20O/c1-3-5-7-9-11-10-8-6-4-2/h7,9H,3-6,8,10H2,1-2H3. The lowest BCUT2D eigenvalue weighted by atomic mass is 10.3. The van der Waals surface area contributed by atoms with Crippen molar-refractivity contribution >= 4 is 0 Å². The van der Waals surface area contributed by atoms with Crippen LogP contribution in [0, 0.1) is 0 Å². The molecular weight excluding hydrogens is 136 g/mol. The molecule has 0 aromatic carbocycles. The largest absolute Gasteiger partial charge is 0.502 e. The number of allylic oxidation sites excluding steroid dienone is 1. The van der Waals surface area contributed by atoms with Crippen molar-refractivity contribution in [2.75, 3.05) is 6.61 Å². The van der Waals surface area contributed by atoms with Crippen molar-refractivity contribution in [2.45, 2.75) is 46.0 Å². The summed E-state index contributed by atoms with van der Waals surface area (Å²) in [5, 5.41) is 0. The summed E-state index contributed by atoms with van der Waals surface area (Å²) in [5.74, 6) is 0. The van der Waals surface area contributed by atoms with E-state index in [4.69, 9.17) is 4.74 Å². The Morgan fingerprint density at radius 1 is 1.09 bits per heavy atom. The van der Waals surface area contributed by atoms with Gasteiger partial charge in [0.1, 0.15) is 0 Å². The summed E-state index contributed by atoms with van der Waals surface area (Å²) in [7, 11) is 0. The summed E-state index contributed by atoms with van der Waals surface area (Å²) in [4.78, 5) is 0. The highest BCUT2D eigenvalue weighted by Crippen LogP contribution is 1.95.